The normalized spacial score (nSPS) is 24.1. The number of urea groups is 1. The third-order valence-electron chi connectivity index (χ3n) is 5.14. The van der Waals surface area contributed by atoms with Gasteiger partial charge in [-0.05, 0) is 19.4 Å². The highest BCUT2D eigenvalue weighted by atomic mass is 35.5. The Kier molecular flexibility index (Phi) is 6.69. The number of carbonyl (C=O) groups excluding carboxylic acids is 2. The molecule has 0 radical (unpaired) electrons. The molecule has 1 atom stereocenters. The van der Waals surface area contributed by atoms with E-state index in [-0.39, 0.29) is 11.9 Å². The molecule has 1 unspecified atom stereocenters. The number of amides is 3. The highest BCUT2D eigenvalue weighted by molar-refractivity contribution is 6.29. The van der Waals surface area contributed by atoms with Crippen LogP contribution in [0.4, 0.5) is 4.79 Å². The minimum Gasteiger partial charge on any atom is -0.379 e. The van der Waals surface area contributed by atoms with Crippen molar-refractivity contribution in [3.63, 3.8) is 0 Å². The first-order chi connectivity index (χ1) is 13.4. The molecule has 10 heteroatoms. The first kappa shape index (κ1) is 20.8. The second kappa shape index (κ2) is 9.02. The van der Waals surface area contributed by atoms with Crippen molar-refractivity contribution in [3.05, 3.63) is 11.1 Å². The molecular weight excluding hydrogens is 384 g/mol. The standard InChI is InChI=1S/C18H27ClN6O3/c1-13(19)5-8-25-14-15(22(2)18(27)23(3)16(14)26)21-17(25)20-6-4-7-24-9-11-28-12-10-24/h5,14H,4,6-12H2,1-3H3/p+1/b13-5+. The Morgan fingerprint density at radius 3 is 2.71 bits per heavy atom. The lowest BCUT2D eigenvalue weighted by Crippen LogP contribution is -2.61. The molecular formula is C18H28ClN6O3+. The van der Waals surface area contributed by atoms with Crippen molar-refractivity contribution < 1.29 is 18.9 Å². The van der Waals surface area contributed by atoms with Gasteiger partial charge >= 0.3 is 12.0 Å². The SMILES string of the molecule is C/C(Cl)=C\C[N+]1=C(NCCCN2CCOCC2)N=C2C1C(=O)N(C)C(=O)N2C. The van der Waals surface area contributed by atoms with Crippen LogP contribution >= 0.6 is 11.6 Å². The fourth-order valence-corrected chi connectivity index (χ4v) is 3.55. The number of aliphatic imine (C=N–C) groups is 1. The summed E-state index contributed by atoms with van der Waals surface area (Å²) >= 11 is 6.00. The third kappa shape index (κ3) is 4.37. The first-order valence-corrected chi connectivity index (χ1v) is 9.91. The van der Waals surface area contributed by atoms with E-state index in [1.165, 1.54) is 11.9 Å². The minimum atomic E-state index is -0.623. The van der Waals surface area contributed by atoms with E-state index < -0.39 is 6.04 Å². The first-order valence-electron chi connectivity index (χ1n) is 9.54. The zero-order chi connectivity index (χ0) is 20.3. The number of ether oxygens (including phenoxy) is 1. The number of nitrogens with one attached hydrogen (secondary N) is 1. The summed E-state index contributed by atoms with van der Waals surface area (Å²) < 4.78 is 7.23. The predicted octanol–water partition coefficient (Wildman–Crippen LogP) is 0.114. The number of fused-ring (bicyclic) bond motifs is 1. The quantitative estimate of drug-likeness (QED) is 0.496. The highest BCUT2D eigenvalue weighted by Crippen LogP contribution is 2.18. The van der Waals surface area contributed by atoms with Crippen LogP contribution in [0.3, 0.4) is 0 Å². The molecule has 0 saturated carbocycles. The lowest BCUT2D eigenvalue weighted by Gasteiger charge is -2.31. The van der Waals surface area contributed by atoms with Crippen molar-refractivity contribution >= 4 is 35.3 Å². The smallest absolute Gasteiger partial charge is 0.379 e. The van der Waals surface area contributed by atoms with Gasteiger partial charge in [0.15, 0.2) is 0 Å². The molecule has 28 heavy (non-hydrogen) atoms. The van der Waals surface area contributed by atoms with Crippen LogP contribution in [-0.4, -0.2) is 109 Å². The Bertz CT molecular complexity index is 725. The Morgan fingerprint density at radius 2 is 2.04 bits per heavy atom. The Balaban J connectivity index is 1.71. The zero-order valence-corrected chi connectivity index (χ0v) is 17.4. The van der Waals surface area contributed by atoms with E-state index >= 15 is 0 Å². The molecule has 9 nitrogen and oxygen atoms in total. The summed E-state index contributed by atoms with van der Waals surface area (Å²) in [6, 6.07) is -1.00. The number of amidine groups is 1. The van der Waals surface area contributed by atoms with Gasteiger partial charge in [0, 0.05) is 38.8 Å². The molecule has 0 aromatic carbocycles. The number of morpholine rings is 1. The van der Waals surface area contributed by atoms with E-state index in [2.05, 4.69) is 15.2 Å². The maximum Gasteiger partial charge on any atom is 0.390 e. The molecule has 3 heterocycles. The van der Waals surface area contributed by atoms with Crippen LogP contribution < -0.4 is 5.32 Å². The second-order valence-electron chi connectivity index (χ2n) is 7.11. The summed E-state index contributed by atoms with van der Waals surface area (Å²) in [5.74, 6) is 0.761. The number of rotatable bonds is 6. The van der Waals surface area contributed by atoms with E-state index in [1.54, 1.807) is 14.0 Å². The van der Waals surface area contributed by atoms with Crippen LogP contribution in [0.2, 0.25) is 0 Å². The van der Waals surface area contributed by atoms with Crippen molar-refractivity contribution in [2.75, 3.05) is 60.0 Å². The maximum absolute atomic E-state index is 12.7. The van der Waals surface area contributed by atoms with Crippen LogP contribution in [0.1, 0.15) is 13.3 Å². The van der Waals surface area contributed by atoms with Crippen LogP contribution in [-0.2, 0) is 9.53 Å². The van der Waals surface area contributed by atoms with Crippen LogP contribution in [0, 0.1) is 0 Å². The zero-order valence-electron chi connectivity index (χ0n) is 16.7. The molecule has 154 valence electrons. The number of halogens is 1. The van der Waals surface area contributed by atoms with Gasteiger partial charge in [-0.15, -0.1) is 0 Å². The molecule has 0 spiro atoms. The molecule has 0 aromatic heterocycles. The summed E-state index contributed by atoms with van der Waals surface area (Å²) in [6.07, 6.45) is 2.78. The van der Waals surface area contributed by atoms with Crippen molar-refractivity contribution in [2.45, 2.75) is 19.4 Å². The van der Waals surface area contributed by atoms with Crippen LogP contribution in [0.5, 0.6) is 0 Å². The van der Waals surface area contributed by atoms with Gasteiger partial charge in [0.1, 0.15) is 0 Å². The van der Waals surface area contributed by atoms with Crippen molar-refractivity contribution in [3.8, 4) is 0 Å². The summed E-state index contributed by atoms with van der Waals surface area (Å²) in [5.41, 5.74) is 0. The van der Waals surface area contributed by atoms with Crippen molar-refractivity contribution in [2.24, 2.45) is 4.99 Å². The van der Waals surface area contributed by atoms with E-state index in [1.807, 2.05) is 10.7 Å². The average Bonchev–Trinajstić information content (AvgIpc) is 3.05. The van der Waals surface area contributed by atoms with Crippen LogP contribution in [0.25, 0.3) is 0 Å². The van der Waals surface area contributed by atoms with E-state index in [0.29, 0.717) is 23.4 Å². The molecule has 3 aliphatic rings. The molecule has 2 fully saturated rings. The number of allylic oxidation sites excluding steroid dienone is 1. The van der Waals surface area contributed by atoms with E-state index in [9.17, 15) is 9.59 Å². The second-order valence-corrected chi connectivity index (χ2v) is 7.71. The molecule has 1 N–H and O–H groups in total. The number of likely N-dealkylation sites (N-methyl/N-ethyl adjacent to an activating group) is 2. The maximum atomic E-state index is 12.7. The van der Waals surface area contributed by atoms with Gasteiger partial charge in [-0.1, -0.05) is 16.6 Å². The number of carbonyl (C=O) groups is 2. The van der Waals surface area contributed by atoms with Gasteiger partial charge < -0.3 is 4.74 Å². The van der Waals surface area contributed by atoms with Crippen molar-refractivity contribution in [1.29, 1.82) is 0 Å². The van der Waals surface area contributed by atoms with Gasteiger partial charge in [-0.25, -0.2) is 9.37 Å². The summed E-state index contributed by atoms with van der Waals surface area (Å²) in [7, 11) is 3.13. The molecule has 0 aromatic rings. The van der Waals surface area contributed by atoms with Gasteiger partial charge in [0.2, 0.25) is 11.9 Å². The lowest BCUT2D eigenvalue weighted by molar-refractivity contribution is -0.527. The molecule has 3 rings (SSSR count). The van der Waals surface area contributed by atoms with Crippen molar-refractivity contribution in [1.82, 2.24) is 20.0 Å². The number of imide groups is 1. The topological polar surface area (TPSA) is 80.5 Å². The fourth-order valence-electron chi connectivity index (χ4n) is 3.48. The minimum absolute atomic E-state index is 0.285. The molecule has 0 bridgehead atoms. The third-order valence-corrected chi connectivity index (χ3v) is 5.29. The van der Waals surface area contributed by atoms with Gasteiger partial charge in [0.05, 0.1) is 26.3 Å². The Labute approximate surface area is 170 Å². The number of hydrogen-bond acceptors (Lipinski definition) is 6. The summed E-state index contributed by atoms with van der Waals surface area (Å²) in [4.78, 5) is 34.5. The largest absolute Gasteiger partial charge is 0.390 e. The van der Waals surface area contributed by atoms with Gasteiger partial charge in [-0.3, -0.25) is 24.8 Å². The molecule has 3 amide bonds. The number of nitrogens with zero attached hydrogens (tertiary/aromatic N) is 5. The summed E-state index contributed by atoms with van der Waals surface area (Å²) in [5, 5.41) is 3.98. The lowest BCUT2D eigenvalue weighted by atomic mass is 10.1. The molecule has 0 aliphatic carbocycles. The number of guanidine groups is 1. The van der Waals surface area contributed by atoms with E-state index in [4.69, 9.17) is 16.3 Å². The van der Waals surface area contributed by atoms with Gasteiger partial charge in [-0.2, -0.15) is 0 Å². The number of hydrogen-bond donors (Lipinski definition) is 1. The fraction of sp³-hybridized carbons (Fsp3) is 0.667. The monoisotopic (exact) mass is 411 g/mol. The van der Waals surface area contributed by atoms with Crippen LogP contribution in [0.15, 0.2) is 16.1 Å². The van der Waals surface area contributed by atoms with Gasteiger partial charge in [0.25, 0.3) is 5.91 Å². The highest BCUT2D eigenvalue weighted by Gasteiger charge is 2.51. The molecule has 3 aliphatic heterocycles. The Hall–Kier alpha value is -1.97. The average molecular weight is 412 g/mol. The summed E-state index contributed by atoms with van der Waals surface area (Å²) in [6.45, 7) is 7.41. The predicted molar refractivity (Wildman–Crippen MR) is 107 cm³/mol. The Morgan fingerprint density at radius 1 is 1.32 bits per heavy atom. The van der Waals surface area contributed by atoms with E-state index in [0.717, 1.165) is 50.7 Å². The molecule has 2 saturated heterocycles.